The molecule has 0 unspecified atom stereocenters. The van der Waals surface area contributed by atoms with Crippen molar-refractivity contribution in [2.45, 2.75) is 26.8 Å². The first-order valence-corrected chi connectivity index (χ1v) is 10.3. The average molecular weight is 414 g/mol. The van der Waals surface area contributed by atoms with Crippen LogP contribution in [-0.2, 0) is 4.79 Å². The molecule has 1 aliphatic heterocycles. The molecule has 0 atom stereocenters. The van der Waals surface area contributed by atoms with Crippen molar-refractivity contribution in [1.82, 2.24) is 0 Å². The number of hydrogen-bond donors (Lipinski definition) is 0. The molecule has 146 valence electrons. The molecule has 2 aromatic rings. The zero-order valence-corrected chi connectivity index (χ0v) is 18.3. The summed E-state index contributed by atoms with van der Waals surface area (Å²) in [6.45, 7) is 5.93. The number of carbonyl (C=O) groups is 1. The monoisotopic (exact) mass is 413 g/mol. The van der Waals surface area contributed by atoms with Gasteiger partial charge in [0.15, 0.2) is 5.17 Å². The van der Waals surface area contributed by atoms with Crippen molar-refractivity contribution < 1.29 is 4.79 Å². The second-order valence-corrected chi connectivity index (χ2v) is 8.54. The summed E-state index contributed by atoms with van der Waals surface area (Å²) >= 11 is 7.70. The Morgan fingerprint density at radius 3 is 2.43 bits per heavy atom. The first-order chi connectivity index (χ1) is 13.3. The molecular weight excluding hydrogens is 390 g/mol. The van der Waals surface area contributed by atoms with Crippen molar-refractivity contribution >= 4 is 51.9 Å². The van der Waals surface area contributed by atoms with E-state index >= 15 is 0 Å². The third kappa shape index (κ3) is 4.26. The molecule has 2 aromatic carbocycles. The molecule has 0 bridgehead atoms. The summed E-state index contributed by atoms with van der Waals surface area (Å²) in [6.07, 6.45) is 1.92. The lowest BCUT2D eigenvalue weighted by Crippen LogP contribution is -2.30. The fraction of sp³-hybridized carbons (Fsp3) is 0.273. The normalized spacial score (nSPS) is 17.2. The van der Waals surface area contributed by atoms with Crippen LogP contribution in [0.25, 0.3) is 6.08 Å². The van der Waals surface area contributed by atoms with Gasteiger partial charge in [-0.2, -0.15) is 0 Å². The van der Waals surface area contributed by atoms with Gasteiger partial charge in [0, 0.05) is 30.8 Å². The molecule has 3 rings (SSSR count). The number of aliphatic imine (C=N–C) groups is 1. The van der Waals surface area contributed by atoms with Crippen LogP contribution in [-0.4, -0.2) is 31.2 Å². The smallest absolute Gasteiger partial charge is 0.271 e. The number of anilines is 2. The van der Waals surface area contributed by atoms with Gasteiger partial charge < -0.3 is 4.90 Å². The minimum atomic E-state index is -0.0774. The van der Waals surface area contributed by atoms with Crippen LogP contribution in [0.3, 0.4) is 0 Å². The van der Waals surface area contributed by atoms with E-state index in [1.807, 2.05) is 88.3 Å². The van der Waals surface area contributed by atoms with Crippen LogP contribution in [0.2, 0.25) is 5.02 Å². The fourth-order valence-corrected chi connectivity index (χ4v) is 4.13. The zero-order valence-electron chi connectivity index (χ0n) is 16.7. The molecule has 6 heteroatoms. The molecule has 1 amide bonds. The lowest BCUT2D eigenvalue weighted by atomic mass is 10.1. The second kappa shape index (κ2) is 8.41. The molecule has 4 nitrogen and oxygen atoms in total. The molecule has 1 aliphatic rings. The van der Waals surface area contributed by atoms with E-state index in [1.165, 1.54) is 11.8 Å². The SMILES string of the molecule is Cc1c(Cl)cccc1N1C(=O)/C(=C/c2ccc(N(C)C)cc2)S/C1=N\C(C)C. The molecule has 0 spiro atoms. The van der Waals surface area contributed by atoms with E-state index in [0.717, 1.165) is 22.5 Å². The number of rotatable bonds is 4. The average Bonchev–Trinajstić information content (AvgIpc) is 2.92. The number of nitrogens with zero attached hydrogens (tertiary/aromatic N) is 3. The number of thioether (sulfide) groups is 1. The van der Waals surface area contributed by atoms with Crippen LogP contribution >= 0.6 is 23.4 Å². The number of benzene rings is 2. The summed E-state index contributed by atoms with van der Waals surface area (Å²) in [4.78, 5) is 22.3. The summed E-state index contributed by atoms with van der Waals surface area (Å²) in [5.74, 6) is -0.0774. The lowest BCUT2D eigenvalue weighted by molar-refractivity contribution is -0.113. The maximum absolute atomic E-state index is 13.2. The molecule has 28 heavy (non-hydrogen) atoms. The highest BCUT2D eigenvalue weighted by atomic mass is 35.5. The van der Waals surface area contributed by atoms with Gasteiger partial charge in [-0.25, -0.2) is 0 Å². The van der Waals surface area contributed by atoms with Crippen LogP contribution in [0.15, 0.2) is 52.4 Å². The highest BCUT2D eigenvalue weighted by Gasteiger charge is 2.35. The third-order valence-electron chi connectivity index (χ3n) is 4.36. The standard InChI is InChI=1S/C22H24ClN3OS/c1-14(2)24-22-26(19-8-6-7-18(23)15(19)3)21(27)20(28-22)13-16-9-11-17(12-10-16)25(4)5/h6-14H,1-5H3/b20-13-,24-22-. The largest absolute Gasteiger partial charge is 0.378 e. The van der Waals surface area contributed by atoms with E-state index in [1.54, 1.807) is 4.90 Å². The van der Waals surface area contributed by atoms with E-state index < -0.39 is 0 Å². The van der Waals surface area contributed by atoms with Gasteiger partial charge in [-0.3, -0.25) is 14.7 Å². The summed E-state index contributed by atoms with van der Waals surface area (Å²) < 4.78 is 0. The summed E-state index contributed by atoms with van der Waals surface area (Å²) in [5, 5.41) is 1.32. The van der Waals surface area contributed by atoms with Crippen molar-refractivity contribution in [2.75, 3.05) is 23.9 Å². The van der Waals surface area contributed by atoms with Crippen molar-refractivity contribution in [1.29, 1.82) is 0 Å². The maximum atomic E-state index is 13.2. The van der Waals surface area contributed by atoms with Gasteiger partial charge in [-0.05, 0) is 74.0 Å². The Kier molecular flexibility index (Phi) is 6.16. The van der Waals surface area contributed by atoms with Crippen molar-refractivity contribution in [3.05, 3.63) is 63.5 Å². The number of hydrogen-bond acceptors (Lipinski definition) is 4. The minimum absolute atomic E-state index is 0.0774. The van der Waals surface area contributed by atoms with E-state index in [4.69, 9.17) is 11.6 Å². The van der Waals surface area contributed by atoms with Gasteiger partial charge in [0.25, 0.3) is 5.91 Å². The van der Waals surface area contributed by atoms with Crippen LogP contribution in [0, 0.1) is 6.92 Å². The van der Waals surface area contributed by atoms with E-state index in [0.29, 0.717) is 15.1 Å². The Balaban J connectivity index is 2.01. The Morgan fingerprint density at radius 1 is 1.14 bits per heavy atom. The number of carbonyl (C=O) groups excluding carboxylic acids is 1. The Labute approximate surface area is 175 Å². The Bertz CT molecular complexity index is 949. The molecule has 1 fully saturated rings. The van der Waals surface area contributed by atoms with Crippen molar-refractivity contribution in [3.63, 3.8) is 0 Å². The van der Waals surface area contributed by atoms with E-state index in [-0.39, 0.29) is 11.9 Å². The summed E-state index contributed by atoms with van der Waals surface area (Å²) in [5.41, 5.74) is 3.74. The molecule has 1 heterocycles. The van der Waals surface area contributed by atoms with Crippen LogP contribution in [0.5, 0.6) is 0 Å². The van der Waals surface area contributed by atoms with Gasteiger partial charge >= 0.3 is 0 Å². The van der Waals surface area contributed by atoms with Crippen molar-refractivity contribution in [2.24, 2.45) is 4.99 Å². The van der Waals surface area contributed by atoms with E-state index in [9.17, 15) is 4.79 Å². The van der Waals surface area contributed by atoms with Gasteiger partial charge in [0.05, 0.1) is 10.6 Å². The maximum Gasteiger partial charge on any atom is 0.271 e. The van der Waals surface area contributed by atoms with E-state index in [2.05, 4.69) is 4.99 Å². The molecule has 0 aliphatic carbocycles. The molecule has 0 saturated carbocycles. The number of amides is 1. The van der Waals surface area contributed by atoms with Crippen LogP contribution in [0.4, 0.5) is 11.4 Å². The quantitative estimate of drug-likeness (QED) is 0.612. The Morgan fingerprint density at radius 2 is 1.82 bits per heavy atom. The molecule has 1 saturated heterocycles. The van der Waals surface area contributed by atoms with Crippen LogP contribution < -0.4 is 9.80 Å². The van der Waals surface area contributed by atoms with Gasteiger partial charge in [0.1, 0.15) is 0 Å². The van der Waals surface area contributed by atoms with Gasteiger partial charge in [-0.15, -0.1) is 0 Å². The highest BCUT2D eigenvalue weighted by Crippen LogP contribution is 2.39. The van der Waals surface area contributed by atoms with Crippen molar-refractivity contribution in [3.8, 4) is 0 Å². The first-order valence-electron chi connectivity index (χ1n) is 9.12. The number of amidine groups is 1. The third-order valence-corrected chi connectivity index (χ3v) is 5.75. The minimum Gasteiger partial charge on any atom is -0.378 e. The Hall–Kier alpha value is -2.24. The summed E-state index contributed by atoms with van der Waals surface area (Å²) in [7, 11) is 4.01. The molecular formula is C22H24ClN3OS. The fourth-order valence-electron chi connectivity index (χ4n) is 2.85. The predicted octanol–water partition coefficient (Wildman–Crippen LogP) is 5.60. The molecule has 0 radical (unpaired) electrons. The molecule has 0 aromatic heterocycles. The molecule has 0 N–H and O–H groups in total. The van der Waals surface area contributed by atoms with Gasteiger partial charge in [-0.1, -0.05) is 29.8 Å². The lowest BCUT2D eigenvalue weighted by Gasteiger charge is -2.19. The van der Waals surface area contributed by atoms with Crippen LogP contribution in [0.1, 0.15) is 25.0 Å². The first kappa shape index (κ1) is 20.5. The number of halogens is 1. The topological polar surface area (TPSA) is 35.9 Å². The second-order valence-electron chi connectivity index (χ2n) is 7.13. The predicted molar refractivity (Wildman–Crippen MR) is 123 cm³/mol. The van der Waals surface area contributed by atoms with Gasteiger partial charge in [0.2, 0.25) is 0 Å². The highest BCUT2D eigenvalue weighted by molar-refractivity contribution is 8.19. The summed E-state index contributed by atoms with van der Waals surface area (Å²) in [6, 6.07) is 13.8. The zero-order chi connectivity index (χ0) is 20.4.